The highest BCUT2D eigenvalue weighted by molar-refractivity contribution is 5.94. The minimum absolute atomic E-state index is 0.0335. The molecule has 0 aliphatic carbocycles. The van der Waals surface area contributed by atoms with Crippen LogP contribution in [0.25, 0.3) is 0 Å². The van der Waals surface area contributed by atoms with Crippen molar-refractivity contribution in [1.29, 1.82) is 0 Å². The van der Waals surface area contributed by atoms with E-state index in [2.05, 4.69) is 17.5 Å². The van der Waals surface area contributed by atoms with E-state index in [1.54, 1.807) is 18.3 Å². The maximum atomic E-state index is 12.4. The number of carbonyl (C=O) groups excluding carboxylic acids is 1. The number of unbranched alkanes of at least 4 members (excludes halogenated alkanes) is 1. The predicted molar refractivity (Wildman–Crippen MR) is 114 cm³/mol. The standard InChI is InChI=1S/C22H29N3O4/c1-5-7-13-29-19-11-10-17(14-20(19)28-6-2)15-23-24-21(26)18-9-8-12-25(16(3)4)22(18)27/h8-12,14-16H,5-7,13H2,1-4H3,(H,24,26)/b23-15-. The number of carbonyl (C=O) groups is 1. The van der Waals surface area contributed by atoms with Gasteiger partial charge in [-0.1, -0.05) is 13.3 Å². The highest BCUT2D eigenvalue weighted by atomic mass is 16.5. The molecular formula is C22H29N3O4. The van der Waals surface area contributed by atoms with Crippen LogP contribution in [0.4, 0.5) is 0 Å². The first-order valence-corrected chi connectivity index (χ1v) is 9.92. The summed E-state index contributed by atoms with van der Waals surface area (Å²) in [5, 5.41) is 3.97. The molecule has 1 heterocycles. The SMILES string of the molecule is CCCCOc1ccc(/C=N\NC(=O)c2cccn(C(C)C)c2=O)cc1OCC. The number of nitrogens with zero attached hydrogens (tertiary/aromatic N) is 2. The summed E-state index contributed by atoms with van der Waals surface area (Å²) < 4.78 is 12.9. The fourth-order valence-corrected chi connectivity index (χ4v) is 2.63. The third-order valence-corrected chi connectivity index (χ3v) is 4.18. The minimum atomic E-state index is -0.550. The first kappa shape index (κ1) is 22.2. The highest BCUT2D eigenvalue weighted by Gasteiger charge is 2.12. The Morgan fingerprint density at radius 1 is 1.21 bits per heavy atom. The lowest BCUT2D eigenvalue weighted by atomic mass is 10.2. The van der Waals surface area contributed by atoms with Crippen molar-refractivity contribution in [2.24, 2.45) is 5.10 Å². The van der Waals surface area contributed by atoms with Gasteiger partial charge in [-0.25, -0.2) is 5.43 Å². The van der Waals surface area contributed by atoms with Crippen molar-refractivity contribution in [1.82, 2.24) is 9.99 Å². The van der Waals surface area contributed by atoms with Crippen molar-refractivity contribution < 1.29 is 14.3 Å². The summed E-state index contributed by atoms with van der Waals surface area (Å²) in [6.07, 6.45) is 5.18. The van der Waals surface area contributed by atoms with Gasteiger partial charge in [0, 0.05) is 12.2 Å². The number of aromatic nitrogens is 1. The molecule has 1 amide bonds. The Labute approximate surface area is 171 Å². The molecule has 0 saturated heterocycles. The number of nitrogens with one attached hydrogen (secondary N) is 1. The van der Waals surface area contributed by atoms with Gasteiger partial charge in [0.25, 0.3) is 11.5 Å². The highest BCUT2D eigenvalue weighted by Crippen LogP contribution is 2.28. The van der Waals surface area contributed by atoms with Crippen molar-refractivity contribution >= 4 is 12.1 Å². The zero-order valence-corrected chi connectivity index (χ0v) is 17.5. The number of benzene rings is 1. The van der Waals surface area contributed by atoms with E-state index in [0.717, 1.165) is 18.4 Å². The van der Waals surface area contributed by atoms with Gasteiger partial charge < -0.3 is 14.0 Å². The van der Waals surface area contributed by atoms with E-state index in [4.69, 9.17) is 9.47 Å². The van der Waals surface area contributed by atoms with E-state index in [1.807, 2.05) is 32.9 Å². The molecule has 0 spiro atoms. The van der Waals surface area contributed by atoms with Gasteiger partial charge in [0.1, 0.15) is 5.56 Å². The third kappa shape index (κ3) is 6.20. The van der Waals surface area contributed by atoms with Crippen molar-refractivity contribution in [2.45, 2.75) is 46.6 Å². The molecule has 0 fully saturated rings. The fraction of sp³-hybridized carbons (Fsp3) is 0.409. The molecule has 2 rings (SSSR count). The lowest BCUT2D eigenvalue weighted by Gasteiger charge is -2.12. The van der Waals surface area contributed by atoms with Crippen molar-refractivity contribution in [3.8, 4) is 11.5 Å². The molecule has 156 valence electrons. The zero-order chi connectivity index (χ0) is 21.2. The zero-order valence-electron chi connectivity index (χ0n) is 17.5. The number of hydrazone groups is 1. The Bertz CT molecular complexity index is 903. The maximum absolute atomic E-state index is 12.4. The molecule has 1 N–H and O–H groups in total. The van der Waals surface area contributed by atoms with E-state index in [1.165, 1.54) is 16.8 Å². The molecular weight excluding hydrogens is 370 g/mol. The van der Waals surface area contributed by atoms with Gasteiger partial charge in [0.2, 0.25) is 0 Å². The second-order valence-electron chi connectivity index (χ2n) is 6.77. The van der Waals surface area contributed by atoms with Crippen LogP contribution in [0.3, 0.4) is 0 Å². The number of amides is 1. The van der Waals surface area contributed by atoms with Crippen LogP contribution in [-0.4, -0.2) is 29.9 Å². The topological polar surface area (TPSA) is 81.9 Å². The van der Waals surface area contributed by atoms with Crippen molar-refractivity contribution in [2.75, 3.05) is 13.2 Å². The largest absolute Gasteiger partial charge is 0.490 e. The van der Waals surface area contributed by atoms with Crippen LogP contribution in [0.15, 0.2) is 46.4 Å². The van der Waals surface area contributed by atoms with E-state index in [0.29, 0.717) is 24.7 Å². The number of ether oxygens (including phenoxy) is 2. The molecule has 0 radical (unpaired) electrons. The Morgan fingerprint density at radius 3 is 2.69 bits per heavy atom. The smallest absolute Gasteiger partial charge is 0.276 e. The lowest BCUT2D eigenvalue weighted by molar-refractivity contribution is 0.0953. The first-order valence-electron chi connectivity index (χ1n) is 9.92. The monoisotopic (exact) mass is 399 g/mol. The third-order valence-electron chi connectivity index (χ3n) is 4.18. The van der Waals surface area contributed by atoms with Crippen LogP contribution < -0.4 is 20.5 Å². The van der Waals surface area contributed by atoms with Crippen molar-refractivity contribution in [3.05, 3.63) is 58.0 Å². The molecule has 1 aromatic carbocycles. The van der Waals surface area contributed by atoms with Gasteiger partial charge in [-0.2, -0.15) is 5.10 Å². The Kier molecular flexibility index (Phi) is 8.45. The van der Waals surface area contributed by atoms with Crippen LogP contribution in [0.2, 0.25) is 0 Å². The summed E-state index contributed by atoms with van der Waals surface area (Å²) in [6, 6.07) is 8.58. The first-order chi connectivity index (χ1) is 14.0. The van der Waals surface area contributed by atoms with E-state index in [-0.39, 0.29) is 17.2 Å². The molecule has 0 aliphatic heterocycles. The van der Waals surface area contributed by atoms with Gasteiger partial charge in [-0.15, -0.1) is 0 Å². The Hall–Kier alpha value is -3.09. The molecule has 0 bridgehead atoms. The molecule has 7 nitrogen and oxygen atoms in total. The van der Waals surface area contributed by atoms with Crippen LogP contribution in [-0.2, 0) is 0 Å². The molecule has 0 aliphatic rings. The van der Waals surface area contributed by atoms with E-state index in [9.17, 15) is 9.59 Å². The van der Waals surface area contributed by atoms with Gasteiger partial charge in [0.05, 0.1) is 19.4 Å². The predicted octanol–water partition coefficient (Wildman–Crippen LogP) is 3.77. The van der Waals surface area contributed by atoms with E-state index < -0.39 is 5.91 Å². The summed E-state index contributed by atoms with van der Waals surface area (Å²) in [4.78, 5) is 24.7. The molecule has 29 heavy (non-hydrogen) atoms. The van der Waals surface area contributed by atoms with Gasteiger partial charge >= 0.3 is 0 Å². The minimum Gasteiger partial charge on any atom is -0.490 e. The number of hydrogen-bond acceptors (Lipinski definition) is 5. The number of rotatable bonds is 10. The molecule has 0 atom stereocenters. The lowest BCUT2D eigenvalue weighted by Crippen LogP contribution is -2.31. The normalized spacial score (nSPS) is 11.1. The van der Waals surface area contributed by atoms with E-state index >= 15 is 0 Å². The Morgan fingerprint density at radius 2 is 2.00 bits per heavy atom. The molecule has 1 aromatic heterocycles. The second-order valence-corrected chi connectivity index (χ2v) is 6.77. The summed E-state index contributed by atoms with van der Waals surface area (Å²) in [7, 11) is 0. The Balaban J connectivity index is 2.10. The van der Waals surface area contributed by atoms with Crippen LogP contribution in [0, 0.1) is 0 Å². The number of pyridine rings is 1. The molecule has 0 saturated carbocycles. The van der Waals surface area contributed by atoms with Crippen LogP contribution in [0.5, 0.6) is 11.5 Å². The molecule has 0 unspecified atom stereocenters. The van der Waals surface area contributed by atoms with Crippen LogP contribution in [0.1, 0.15) is 62.5 Å². The number of hydrogen-bond donors (Lipinski definition) is 1. The summed E-state index contributed by atoms with van der Waals surface area (Å²) >= 11 is 0. The van der Waals surface area contributed by atoms with Crippen LogP contribution >= 0.6 is 0 Å². The average Bonchev–Trinajstić information content (AvgIpc) is 2.69. The second kappa shape index (κ2) is 11.0. The summed E-state index contributed by atoms with van der Waals surface area (Å²) in [5.74, 6) is 0.757. The quantitative estimate of drug-likeness (QED) is 0.375. The van der Waals surface area contributed by atoms with Crippen molar-refractivity contribution in [3.63, 3.8) is 0 Å². The molecule has 2 aromatic rings. The maximum Gasteiger partial charge on any atom is 0.276 e. The summed E-state index contributed by atoms with van der Waals surface area (Å²) in [6.45, 7) is 8.91. The van der Waals surface area contributed by atoms with Gasteiger partial charge in [0.15, 0.2) is 11.5 Å². The fourth-order valence-electron chi connectivity index (χ4n) is 2.63. The van der Waals surface area contributed by atoms with Gasteiger partial charge in [-0.05, 0) is 63.1 Å². The average molecular weight is 399 g/mol. The summed E-state index contributed by atoms with van der Waals surface area (Å²) in [5.41, 5.74) is 2.85. The van der Waals surface area contributed by atoms with Gasteiger partial charge in [-0.3, -0.25) is 9.59 Å². The molecule has 7 heteroatoms.